The molecule has 1 nitrogen and oxygen atoms in total. The van der Waals surface area contributed by atoms with Crippen LogP contribution in [0.4, 0.5) is 17.6 Å². The lowest BCUT2D eigenvalue weighted by atomic mass is 9.73. The zero-order valence-corrected chi connectivity index (χ0v) is 9.67. The molecule has 0 saturated heterocycles. The van der Waals surface area contributed by atoms with Crippen LogP contribution in [0.5, 0.6) is 0 Å². The number of halogens is 4. The summed E-state index contributed by atoms with van der Waals surface area (Å²) in [7, 11) is 0. The van der Waals surface area contributed by atoms with E-state index < -0.39 is 33.5 Å². The molecule has 2 N–H and O–H groups in total. The van der Waals surface area contributed by atoms with Crippen LogP contribution in [-0.4, -0.2) is 5.51 Å². The molecule has 6 heteroatoms. The Morgan fingerprint density at radius 2 is 1.88 bits per heavy atom. The summed E-state index contributed by atoms with van der Waals surface area (Å²) in [5.74, 6) is -0.860. The SMILES string of the molecule is NC1(c2ccc(SC(F)(F)F)c(F)c2)CCC1. The van der Waals surface area contributed by atoms with Crippen LogP contribution in [-0.2, 0) is 5.54 Å². The first-order valence-electron chi connectivity index (χ1n) is 5.15. The van der Waals surface area contributed by atoms with Gasteiger partial charge in [0.2, 0.25) is 0 Å². The van der Waals surface area contributed by atoms with Crippen LogP contribution in [0, 0.1) is 5.82 Å². The van der Waals surface area contributed by atoms with Crippen molar-refractivity contribution in [1.82, 2.24) is 0 Å². The molecule has 94 valence electrons. The Bertz CT molecular complexity index is 426. The average molecular weight is 265 g/mol. The molecule has 0 atom stereocenters. The van der Waals surface area contributed by atoms with Crippen molar-refractivity contribution < 1.29 is 17.6 Å². The van der Waals surface area contributed by atoms with E-state index in [1.165, 1.54) is 6.07 Å². The van der Waals surface area contributed by atoms with Crippen LogP contribution in [0.2, 0.25) is 0 Å². The van der Waals surface area contributed by atoms with Gasteiger partial charge in [0.05, 0.1) is 4.90 Å². The zero-order valence-electron chi connectivity index (χ0n) is 8.85. The Labute approximate surface area is 100 Å². The summed E-state index contributed by atoms with van der Waals surface area (Å²) < 4.78 is 49.8. The quantitative estimate of drug-likeness (QED) is 0.650. The minimum Gasteiger partial charge on any atom is -0.321 e. The standard InChI is InChI=1S/C11H11F4NS/c12-8-6-7(10(16)4-1-5-10)2-3-9(8)17-11(13,14)15/h2-3,6H,1,4-5,16H2. The van der Waals surface area contributed by atoms with Crippen molar-refractivity contribution in [2.24, 2.45) is 5.73 Å². The van der Waals surface area contributed by atoms with Gasteiger partial charge in [-0.2, -0.15) is 13.2 Å². The molecule has 1 aliphatic carbocycles. The molecule has 0 bridgehead atoms. The van der Waals surface area contributed by atoms with Gasteiger partial charge in [-0.25, -0.2) is 4.39 Å². The van der Waals surface area contributed by atoms with Gasteiger partial charge in [0, 0.05) is 5.54 Å². The molecule has 0 heterocycles. The Balaban J connectivity index is 2.23. The van der Waals surface area contributed by atoms with Gasteiger partial charge in [-0.05, 0) is 48.7 Å². The summed E-state index contributed by atoms with van der Waals surface area (Å²) in [5.41, 5.74) is 1.52. The highest BCUT2D eigenvalue weighted by molar-refractivity contribution is 8.00. The number of hydrogen-bond donors (Lipinski definition) is 1. The molecule has 2 rings (SSSR count). The third-order valence-corrected chi connectivity index (χ3v) is 3.76. The number of benzene rings is 1. The first-order chi connectivity index (χ1) is 7.80. The Kier molecular flexibility index (Phi) is 3.12. The maximum Gasteiger partial charge on any atom is 0.446 e. The Morgan fingerprint density at radius 3 is 2.29 bits per heavy atom. The number of thioether (sulfide) groups is 1. The maximum atomic E-state index is 13.5. The van der Waals surface area contributed by atoms with E-state index in [0.29, 0.717) is 5.56 Å². The largest absolute Gasteiger partial charge is 0.446 e. The van der Waals surface area contributed by atoms with Crippen molar-refractivity contribution in [3.05, 3.63) is 29.6 Å². The number of nitrogens with two attached hydrogens (primary N) is 1. The summed E-state index contributed by atoms with van der Waals surface area (Å²) in [4.78, 5) is -0.413. The Hall–Kier alpha value is -0.750. The van der Waals surface area contributed by atoms with Crippen LogP contribution in [0.1, 0.15) is 24.8 Å². The molecule has 0 spiro atoms. The summed E-state index contributed by atoms with van der Waals surface area (Å²) in [5, 5.41) is 0. The highest BCUT2D eigenvalue weighted by Gasteiger charge is 2.36. The third-order valence-electron chi connectivity index (χ3n) is 2.98. The molecule has 1 aliphatic rings. The molecule has 0 unspecified atom stereocenters. The van der Waals surface area contributed by atoms with E-state index in [-0.39, 0.29) is 0 Å². The predicted molar refractivity (Wildman–Crippen MR) is 58.0 cm³/mol. The van der Waals surface area contributed by atoms with Crippen molar-refractivity contribution >= 4 is 11.8 Å². The number of hydrogen-bond acceptors (Lipinski definition) is 2. The van der Waals surface area contributed by atoms with Crippen LogP contribution >= 0.6 is 11.8 Å². The molecule has 0 radical (unpaired) electrons. The van der Waals surface area contributed by atoms with E-state index in [2.05, 4.69) is 0 Å². The first kappa shape index (κ1) is 12.7. The molecule has 17 heavy (non-hydrogen) atoms. The second kappa shape index (κ2) is 4.17. The normalized spacial score (nSPS) is 18.9. The van der Waals surface area contributed by atoms with Crippen molar-refractivity contribution in [3.63, 3.8) is 0 Å². The minimum absolute atomic E-state index is 0.413. The topological polar surface area (TPSA) is 26.0 Å². The van der Waals surface area contributed by atoms with E-state index in [9.17, 15) is 17.6 Å². The molecule has 0 aromatic heterocycles. The fourth-order valence-corrected chi connectivity index (χ4v) is 2.41. The molecule has 1 fully saturated rings. The van der Waals surface area contributed by atoms with E-state index in [4.69, 9.17) is 5.73 Å². The monoisotopic (exact) mass is 265 g/mol. The van der Waals surface area contributed by atoms with Gasteiger partial charge < -0.3 is 5.73 Å². The highest BCUT2D eigenvalue weighted by atomic mass is 32.2. The average Bonchev–Trinajstić information content (AvgIpc) is 2.15. The lowest BCUT2D eigenvalue weighted by Crippen LogP contribution is -2.43. The summed E-state index contributed by atoms with van der Waals surface area (Å²) in [6, 6.07) is 3.75. The second-order valence-corrected chi connectivity index (χ2v) is 5.31. The Morgan fingerprint density at radius 1 is 1.24 bits per heavy atom. The lowest BCUT2D eigenvalue weighted by molar-refractivity contribution is -0.0329. The van der Waals surface area contributed by atoms with Crippen LogP contribution in [0.3, 0.4) is 0 Å². The highest BCUT2D eigenvalue weighted by Crippen LogP contribution is 2.42. The first-order valence-corrected chi connectivity index (χ1v) is 5.96. The third kappa shape index (κ3) is 2.74. The fraction of sp³-hybridized carbons (Fsp3) is 0.455. The molecular formula is C11H11F4NS. The molecule has 0 aliphatic heterocycles. The van der Waals surface area contributed by atoms with Crippen molar-refractivity contribution in [2.45, 2.75) is 35.2 Å². The van der Waals surface area contributed by atoms with E-state index in [0.717, 1.165) is 31.4 Å². The van der Waals surface area contributed by atoms with Gasteiger partial charge in [-0.15, -0.1) is 0 Å². The summed E-state index contributed by atoms with van der Waals surface area (Å²) >= 11 is -0.444. The van der Waals surface area contributed by atoms with Crippen molar-refractivity contribution in [2.75, 3.05) is 0 Å². The summed E-state index contributed by atoms with van der Waals surface area (Å²) in [6.45, 7) is 0. The van der Waals surface area contributed by atoms with E-state index in [1.54, 1.807) is 0 Å². The molecule has 1 aromatic rings. The fourth-order valence-electron chi connectivity index (χ4n) is 1.86. The predicted octanol–water partition coefficient (Wildman–Crippen LogP) is 3.78. The molecule has 1 saturated carbocycles. The van der Waals surface area contributed by atoms with Crippen molar-refractivity contribution in [3.8, 4) is 0 Å². The van der Waals surface area contributed by atoms with Crippen molar-refractivity contribution in [1.29, 1.82) is 0 Å². The number of alkyl halides is 3. The zero-order chi connectivity index (χ0) is 12.7. The second-order valence-electron chi connectivity index (χ2n) is 4.20. The van der Waals surface area contributed by atoms with Gasteiger partial charge in [0.15, 0.2) is 0 Å². The van der Waals surface area contributed by atoms with Crippen LogP contribution in [0.25, 0.3) is 0 Å². The molecular weight excluding hydrogens is 254 g/mol. The van der Waals surface area contributed by atoms with Gasteiger partial charge in [0.1, 0.15) is 5.82 Å². The van der Waals surface area contributed by atoms with E-state index >= 15 is 0 Å². The van der Waals surface area contributed by atoms with Gasteiger partial charge in [-0.1, -0.05) is 6.07 Å². The van der Waals surface area contributed by atoms with E-state index in [1.807, 2.05) is 0 Å². The van der Waals surface area contributed by atoms with Gasteiger partial charge in [0.25, 0.3) is 0 Å². The van der Waals surface area contributed by atoms with Crippen LogP contribution < -0.4 is 5.73 Å². The van der Waals surface area contributed by atoms with Gasteiger partial charge >= 0.3 is 5.51 Å². The summed E-state index contributed by atoms with van der Waals surface area (Å²) in [6.07, 6.45) is 2.47. The maximum absolute atomic E-state index is 13.5. The minimum atomic E-state index is -4.47. The van der Waals surface area contributed by atoms with Gasteiger partial charge in [-0.3, -0.25) is 0 Å². The smallest absolute Gasteiger partial charge is 0.321 e. The number of rotatable bonds is 2. The van der Waals surface area contributed by atoms with Crippen LogP contribution in [0.15, 0.2) is 23.1 Å². The molecule has 0 amide bonds. The molecule has 1 aromatic carbocycles. The lowest BCUT2D eigenvalue weighted by Gasteiger charge is -2.38.